The number of carbonyl (C=O) groups is 2. The quantitative estimate of drug-likeness (QED) is 0.694. The van der Waals surface area contributed by atoms with Crippen LogP contribution in [0, 0.1) is 0 Å². The van der Waals surface area contributed by atoms with Gasteiger partial charge in [0.05, 0.1) is 26.5 Å². The summed E-state index contributed by atoms with van der Waals surface area (Å²) < 4.78 is 10.7. The number of hydrogen-bond acceptors (Lipinski definition) is 5. The first kappa shape index (κ1) is 22.6. The van der Waals surface area contributed by atoms with E-state index in [-0.39, 0.29) is 24.4 Å². The van der Waals surface area contributed by atoms with Gasteiger partial charge in [-0.05, 0) is 55.3 Å². The lowest BCUT2D eigenvalue weighted by Gasteiger charge is -2.30. The summed E-state index contributed by atoms with van der Waals surface area (Å²) >= 11 is 0. The van der Waals surface area contributed by atoms with E-state index in [4.69, 9.17) is 9.47 Å². The Hall–Kier alpha value is -3.06. The third kappa shape index (κ3) is 6.21. The number of likely N-dealkylation sites (tertiary alicyclic amines) is 1. The molecule has 31 heavy (non-hydrogen) atoms. The Balaban J connectivity index is 1.74. The molecule has 1 atom stereocenters. The first-order valence-corrected chi connectivity index (χ1v) is 10.6. The van der Waals surface area contributed by atoms with Crippen LogP contribution in [0.2, 0.25) is 0 Å². The molecule has 0 unspecified atom stereocenters. The first-order valence-electron chi connectivity index (χ1n) is 10.6. The van der Waals surface area contributed by atoms with Crippen molar-refractivity contribution in [3.8, 4) is 11.5 Å². The highest BCUT2D eigenvalue weighted by molar-refractivity contribution is 5.95. The fourth-order valence-corrected chi connectivity index (χ4v) is 4.02. The predicted molar refractivity (Wildman–Crippen MR) is 122 cm³/mol. The smallest absolute Gasteiger partial charge is 0.238 e. The molecule has 7 heteroatoms. The lowest BCUT2D eigenvalue weighted by molar-refractivity contribution is -0.118. The van der Waals surface area contributed by atoms with E-state index < -0.39 is 0 Å². The van der Waals surface area contributed by atoms with Crippen molar-refractivity contribution in [3.63, 3.8) is 0 Å². The Morgan fingerprint density at radius 3 is 2.45 bits per heavy atom. The van der Waals surface area contributed by atoms with Crippen molar-refractivity contribution < 1.29 is 19.1 Å². The van der Waals surface area contributed by atoms with E-state index in [2.05, 4.69) is 27.7 Å². The van der Waals surface area contributed by atoms with Gasteiger partial charge in [0.25, 0.3) is 0 Å². The lowest BCUT2D eigenvalue weighted by atomic mass is 10.0. The molecule has 3 rings (SSSR count). The molecule has 1 heterocycles. The summed E-state index contributed by atoms with van der Waals surface area (Å²) in [6.45, 7) is 2.60. The maximum Gasteiger partial charge on any atom is 0.238 e. The van der Waals surface area contributed by atoms with Crippen LogP contribution in [0.1, 0.15) is 44.2 Å². The summed E-state index contributed by atoms with van der Waals surface area (Å²) in [6, 6.07) is 13.5. The molecule has 0 saturated carbocycles. The van der Waals surface area contributed by atoms with Gasteiger partial charge in [-0.25, -0.2) is 0 Å². The van der Waals surface area contributed by atoms with Gasteiger partial charge in [-0.1, -0.05) is 25.0 Å². The topological polar surface area (TPSA) is 79.9 Å². The highest BCUT2D eigenvalue weighted by Crippen LogP contribution is 2.32. The van der Waals surface area contributed by atoms with Gasteiger partial charge in [-0.2, -0.15) is 0 Å². The molecule has 0 aliphatic carbocycles. The van der Waals surface area contributed by atoms with Crippen LogP contribution < -0.4 is 20.1 Å². The number of methoxy groups -OCH3 is 2. The third-order valence-corrected chi connectivity index (χ3v) is 5.50. The Bertz CT molecular complexity index is 898. The number of carbonyl (C=O) groups excluding carboxylic acids is 2. The molecule has 166 valence electrons. The zero-order valence-corrected chi connectivity index (χ0v) is 18.4. The molecule has 2 amide bonds. The molecule has 0 aromatic heterocycles. The minimum atomic E-state index is -0.172. The second kappa shape index (κ2) is 10.8. The van der Waals surface area contributed by atoms with Gasteiger partial charge in [0.2, 0.25) is 11.8 Å². The van der Waals surface area contributed by atoms with Gasteiger partial charge in [-0.15, -0.1) is 0 Å². The number of nitrogens with one attached hydrogen (secondary N) is 2. The number of hydrogen-bond donors (Lipinski definition) is 2. The monoisotopic (exact) mass is 425 g/mol. The van der Waals surface area contributed by atoms with Crippen molar-refractivity contribution >= 4 is 23.2 Å². The first-order chi connectivity index (χ1) is 15.0. The lowest BCUT2D eigenvalue weighted by Crippen LogP contribution is -2.36. The van der Waals surface area contributed by atoms with E-state index in [0.29, 0.717) is 17.1 Å². The second-order valence-corrected chi connectivity index (χ2v) is 7.75. The van der Waals surface area contributed by atoms with Gasteiger partial charge >= 0.3 is 0 Å². The summed E-state index contributed by atoms with van der Waals surface area (Å²) in [5, 5.41) is 5.69. The molecule has 1 aliphatic heterocycles. The van der Waals surface area contributed by atoms with Crippen molar-refractivity contribution in [2.45, 2.75) is 38.6 Å². The van der Waals surface area contributed by atoms with Crippen LogP contribution in [-0.2, 0) is 9.59 Å². The molecule has 0 spiro atoms. The largest absolute Gasteiger partial charge is 0.497 e. The summed E-state index contributed by atoms with van der Waals surface area (Å²) in [6.07, 6.45) is 4.39. The Kier molecular flexibility index (Phi) is 7.89. The van der Waals surface area contributed by atoms with Crippen LogP contribution in [0.5, 0.6) is 11.5 Å². The van der Waals surface area contributed by atoms with E-state index >= 15 is 0 Å². The van der Waals surface area contributed by atoms with E-state index in [1.54, 1.807) is 32.4 Å². The standard InChI is InChI=1S/C24H31N3O4/c1-17(28)25-19-10-13-23(31-3)21(15-19)26-24(29)16-27-14-6-4-5-7-22(27)18-8-11-20(30-2)12-9-18/h8-13,15,22H,4-7,14,16H2,1-3H3,(H,25,28)(H,26,29)/t22-/m1/s1. The summed E-state index contributed by atoms with van der Waals surface area (Å²) in [5.74, 6) is 1.09. The van der Waals surface area contributed by atoms with E-state index in [1.165, 1.54) is 12.5 Å². The minimum absolute atomic E-state index is 0.112. The molecule has 0 bridgehead atoms. The van der Waals surface area contributed by atoms with Crippen molar-refractivity contribution in [1.82, 2.24) is 4.90 Å². The molecule has 2 N–H and O–H groups in total. The molecule has 7 nitrogen and oxygen atoms in total. The Morgan fingerprint density at radius 1 is 1.00 bits per heavy atom. The maximum absolute atomic E-state index is 13.0. The van der Waals surface area contributed by atoms with E-state index in [9.17, 15) is 9.59 Å². The zero-order chi connectivity index (χ0) is 22.2. The number of benzene rings is 2. The van der Waals surface area contributed by atoms with Crippen LogP contribution in [0.3, 0.4) is 0 Å². The third-order valence-electron chi connectivity index (χ3n) is 5.50. The van der Waals surface area contributed by atoms with Crippen LogP contribution in [0.25, 0.3) is 0 Å². The number of amides is 2. The molecule has 1 aliphatic rings. The van der Waals surface area contributed by atoms with Crippen molar-refractivity contribution in [1.29, 1.82) is 0 Å². The molecular formula is C24H31N3O4. The van der Waals surface area contributed by atoms with Crippen molar-refractivity contribution in [2.24, 2.45) is 0 Å². The number of ether oxygens (including phenoxy) is 2. The zero-order valence-electron chi connectivity index (χ0n) is 18.4. The van der Waals surface area contributed by atoms with Gasteiger partial charge in [0.15, 0.2) is 0 Å². The average Bonchev–Trinajstić information content (AvgIpc) is 2.99. The SMILES string of the molecule is COc1ccc([C@H]2CCCCCN2CC(=O)Nc2cc(NC(C)=O)ccc2OC)cc1. The fourth-order valence-electron chi connectivity index (χ4n) is 4.02. The predicted octanol–water partition coefficient (Wildman–Crippen LogP) is 4.22. The summed E-state index contributed by atoms with van der Waals surface area (Å²) in [5.41, 5.74) is 2.34. The van der Waals surface area contributed by atoms with Crippen LogP contribution in [0.4, 0.5) is 11.4 Å². The number of nitrogens with zero attached hydrogens (tertiary/aromatic N) is 1. The molecular weight excluding hydrogens is 394 g/mol. The van der Waals surface area contributed by atoms with Gasteiger partial charge < -0.3 is 20.1 Å². The Labute approximate surface area is 183 Å². The van der Waals surface area contributed by atoms with Crippen molar-refractivity contribution in [2.75, 3.05) is 37.9 Å². The van der Waals surface area contributed by atoms with Crippen LogP contribution >= 0.6 is 0 Å². The molecule has 0 radical (unpaired) electrons. The van der Waals surface area contributed by atoms with Crippen LogP contribution in [0.15, 0.2) is 42.5 Å². The fraction of sp³-hybridized carbons (Fsp3) is 0.417. The van der Waals surface area contributed by atoms with Gasteiger partial charge in [0.1, 0.15) is 11.5 Å². The van der Waals surface area contributed by atoms with E-state index in [1.807, 2.05) is 12.1 Å². The molecule has 1 saturated heterocycles. The Morgan fingerprint density at radius 2 is 1.77 bits per heavy atom. The van der Waals surface area contributed by atoms with Crippen LogP contribution in [-0.4, -0.2) is 44.0 Å². The number of anilines is 2. The highest BCUT2D eigenvalue weighted by atomic mass is 16.5. The minimum Gasteiger partial charge on any atom is -0.497 e. The highest BCUT2D eigenvalue weighted by Gasteiger charge is 2.25. The van der Waals surface area contributed by atoms with Gasteiger partial charge in [-0.3, -0.25) is 14.5 Å². The van der Waals surface area contributed by atoms with Gasteiger partial charge in [0, 0.05) is 18.7 Å². The summed E-state index contributed by atoms with van der Waals surface area (Å²) in [4.78, 5) is 26.6. The second-order valence-electron chi connectivity index (χ2n) is 7.75. The summed E-state index contributed by atoms with van der Waals surface area (Å²) in [7, 11) is 3.21. The van der Waals surface area contributed by atoms with E-state index in [0.717, 1.165) is 38.0 Å². The normalized spacial score (nSPS) is 16.8. The van der Waals surface area contributed by atoms with Crippen molar-refractivity contribution in [3.05, 3.63) is 48.0 Å². The number of rotatable bonds is 7. The molecule has 1 fully saturated rings. The molecule has 2 aromatic rings. The maximum atomic E-state index is 13.0. The molecule has 2 aromatic carbocycles. The average molecular weight is 426 g/mol.